The van der Waals surface area contributed by atoms with E-state index in [2.05, 4.69) is 16.6 Å². The fourth-order valence-corrected chi connectivity index (χ4v) is 1.82. The molecule has 7 heteroatoms. The molecular weight excluding hydrogens is 356 g/mol. The second-order valence-electron chi connectivity index (χ2n) is 3.13. The number of hydrogen-bond donors (Lipinski definition) is 2. The lowest BCUT2D eigenvalue weighted by molar-refractivity contribution is 0.0696. The molecule has 0 saturated carbocycles. The first-order valence-corrected chi connectivity index (χ1v) is 5.80. The Morgan fingerprint density at radius 2 is 2.22 bits per heavy atom. The van der Waals surface area contributed by atoms with Crippen LogP contribution < -0.4 is 5.32 Å². The number of carbonyl (C=O) groups is 2. The minimum Gasteiger partial charge on any atom is -0.478 e. The van der Waals surface area contributed by atoms with Gasteiger partial charge in [-0.3, -0.25) is 5.32 Å². The van der Waals surface area contributed by atoms with Crippen LogP contribution in [0.5, 0.6) is 0 Å². The molecule has 1 rings (SSSR count). The Kier molecular flexibility index (Phi) is 5.08. The second kappa shape index (κ2) is 6.34. The van der Waals surface area contributed by atoms with Crippen LogP contribution in [0.15, 0.2) is 24.8 Å². The van der Waals surface area contributed by atoms with Crippen molar-refractivity contribution in [1.82, 2.24) is 0 Å². The molecule has 0 bridgehead atoms. The predicted octanol–water partition coefficient (Wildman–Crippen LogP) is 2.86. The van der Waals surface area contributed by atoms with Gasteiger partial charge < -0.3 is 9.84 Å². The first kappa shape index (κ1) is 14.4. The van der Waals surface area contributed by atoms with Crippen LogP contribution in [0.25, 0.3) is 0 Å². The van der Waals surface area contributed by atoms with Crippen LogP contribution in [0.2, 0.25) is 0 Å². The zero-order valence-electron chi connectivity index (χ0n) is 9.07. The molecule has 0 aliphatic heterocycles. The van der Waals surface area contributed by atoms with Gasteiger partial charge >= 0.3 is 12.1 Å². The average Bonchev–Trinajstić information content (AvgIpc) is 2.30. The highest BCUT2D eigenvalue weighted by Crippen LogP contribution is 2.24. The molecule has 0 fully saturated rings. The van der Waals surface area contributed by atoms with Crippen molar-refractivity contribution in [2.45, 2.75) is 0 Å². The van der Waals surface area contributed by atoms with E-state index >= 15 is 0 Å². The lowest BCUT2D eigenvalue weighted by atomic mass is 10.2. The zero-order chi connectivity index (χ0) is 13.7. The van der Waals surface area contributed by atoms with E-state index in [1.807, 2.05) is 0 Å². The largest absolute Gasteiger partial charge is 0.478 e. The molecular formula is C11H9FINO4. The summed E-state index contributed by atoms with van der Waals surface area (Å²) < 4.78 is 18.5. The van der Waals surface area contributed by atoms with Crippen LogP contribution >= 0.6 is 22.6 Å². The standard InChI is InChI=1S/C11H9FINO4/c1-2-3-18-11(17)14-9-7(12)4-6(10(15)16)5-8(9)13/h2,4-5H,1,3H2,(H,14,17)(H,15,16). The Morgan fingerprint density at radius 3 is 2.72 bits per heavy atom. The van der Waals surface area contributed by atoms with Crippen LogP contribution in [0.4, 0.5) is 14.9 Å². The summed E-state index contributed by atoms with van der Waals surface area (Å²) in [6.07, 6.45) is 0.531. The van der Waals surface area contributed by atoms with Gasteiger partial charge in [-0.25, -0.2) is 14.0 Å². The summed E-state index contributed by atoms with van der Waals surface area (Å²) >= 11 is 1.72. The van der Waals surface area contributed by atoms with Crippen LogP contribution in [-0.4, -0.2) is 23.8 Å². The van der Waals surface area contributed by atoms with E-state index in [4.69, 9.17) is 5.11 Å². The summed E-state index contributed by atoms with van der Waals surface area (Å²) in [5, 5.41) is 10.9. The first-order valence-electron chi connectivity index (χ1n) is 4.72. The molecule has 1 aromatic carbocycles. The number of benzene rings is 1. The van der Waals surface area contributed by atoms with E-state index in [9.17, 15) is 14.0 Å². The number of aromatic carboxylic acids is 1. The molecule has 2 N–H and O–H groups in total. The highest BCUT2D eigenvalue weighted by atomic mass is 127. The SMILES string of the molecule is C=CCOC(=O)Nc1c(F)cc(C(=O)O)cc1I. The Bertz CT molecular complexity index is 481. The van der Waals surface area contributed by atoms with Crippen molar-refractivity contribution in [3.8, 4) is 0 Å². The first-order chi connectivity index (χ1) is 8.45. The van der Waals surface area contributed by atoms with Gasteiger partial charge in [-0.15, -0.1) is 0 Å². The molecule has 0 heterocycles. The number of ether oxygens (including phenoxy) is 1. The summed E-state index contributed by atoms with van der Waals surface area (Å²) in [5.74, 6) is -2.08. The highest BCUT2D eigenvalue weighted by Gasteiger charge is 2.15. The fraction of sp³-hybridized carbons (Fsp3) is 0.0909. The van der Waals surface area contributed by atoms with Crippen molar-refractivity contribution in [3.63, 3.8) is 0 Å². The molecule has 0 aromatic heterocycles. The van der Waals surface area contributed by atoms with Gasteiger partial charge in [0.05, 0.1) is 11.3 Å². The van der Waals surface area contributed by atoms with Gasteiger partial charge in [0.15, 0.2) is 0 Å². The van der Waals surface area contributed by atoms with Crippen molar-refractivity contribution in [1.29, 1.82) is 0 Å². The fourth-order valence-electron chi connectivity index (χ4n) is 1.09. The van der Waals surface area contributed by atoms with Crippen molar-refractivity contribution >= 4 is 40.3 Å². The molecule has 0 unspecified atom stereocenters. The van der Waals surface area contributed by atoms with Crippen LogP contribution in [0.1, 0.15) is 10.4 Å². The number of amides is 1. The van der Waals surface area contributed by atoms with Gasteiger partial charge in [-0.1, -0.05) is 12.7 Å². The molecule has 0 spiro atoms. The summed E-state index contributed by atoms with van der Waals surface area (Å²) in [4.78, 5) is 21.9. The molecule has 0 saturated heterocycles. The third-order valence-corrected chi connectivity index (χ3v) is 2.70. The lowest BCUT2D eigenvalue weighted by Gasteiger charge is -2.09. The maximum Gasteiger partial charge on any atom is 0.412 e. The van der Waals surface area contributed by atoms with Crippen LogP contribution in [0, 0.1) is 9.39 Å². The van der Waals surface area contributed by atoms with E-state index in [1.54, 1.807) is 22.6 Å². The average molecular weight is 365 g/mol. The molecule has 1 aromatic rings. The quantitative estimate of drug-likeness (QED) is 0.636. The Hall–Kier alpha value is -1.64. The van der Waals surface area contributed by atoms with Gasteiger partial charge in [0, 0.05) is 3.57 Å². The number of rotatable bonds is 4. The topological polar surface area (TPSA) is 75.6 Å². The van der Waals surface area contributed by atoms with Crippen molar-refractivity contribution in [3.05, 3.63) is 39.7 Å². The van der Waals surface area contributed by atoms with Crippen LogP contribution in [-0.2, 0) is 4.74 Å². The van der Waals surface area contributed by atoms with E-state index in [0.717, 1.165) is 6.07 Å². The molecule has 5 nitrogen and oxygen atoms in total. The zero-order valence-corrected chi connectivity index (χ0v) is 11.2. The molecule has 0 radical (unpaired) electrons. The van der Waals surface area contributed by atoms with Crippen molar-refractivity contribution < 1.29 is 23.8 Å². The number of halogens is 2. The third-order valence-electron chi connectivity index (χ3n) is 1.85. The summed E-state index contributed by atoms with van der Waals surface area (Å²) in [5.41, 5.74) is -0.309. The van der Waals surface area contributed by atoms with Crippen LogP contribution in [0.3, 0.4) is 0 Å². The summed E-state index contributed by atoms with van der Waals surface area (Å²) in [6.45, 7) is 3.36. The Morgan fingerprint density at radius 1 is 1.56 bits per heavy atom. The van der Waals surface area contributed by atoms with Crippen molar-refractivity contribution in [2.75, 3.05) is 11.9 Å². The normalized spacial score (nSPS) is 9.67. The van der Waals surface area contributed by atoms with E-state index in [0.29, 0.717) is 0 Å². The van der Waals surface area contributed by atoms with Gasteiger partial charge in [-0.2, -0.15) is 0 Å². The van der Waals surface area contributed by atoms with E-state index in [-0.39, 0.29) is 21.4 Å². The second-order valence-corrected chi connectivity index (χ2v) is 4.29. The number of nitrogens with one attached hydrogen (secondary N) is 1. The third kappa shape index (κ3) is 3.69. The molecule has 18 heavy (non-hydrogen) atoms. The number of hydrogen-bond acceptors (Lipinski definition) is 3. The molecule has 0 atom stereocenters. The Labute approximate surface area is 116 Å². The number of anilines is 1. The van der Waals surface area contributed by atoms with Gasteiger partial charge in [-0.05, 0) is 34.7 Å². The molecule has 0 aliphatic rings. The monoisotopic (exact) mass is 365 g/mol. The molecule has 0 aliphatic carbocycles. The summed E-state index contributed by atoms with van der Waals surface area (Å²) in [7, 11) is 0. The highest BCUT2D eigenvalue weighted by molar-refractivity contribution is 14.1. The maximum atomic E-state index is 13.6. The van der Waals surface area contributed by atoms with Crippen molar-refractivity contribution in [2.24, 2.45) is 0 Å². The van der Waals surface area contributed by atoms with E-state index < -0.39 is 17.9 Å². The smallest absolute Gasteiger partial charge is 0.412 e. The van der Waals surface area contributed by atoms with Gasteiger partial charge in [0.25, 0.3) is 0 Å². The van der Waals surface area contributed by atoms with E-state index in [1.165, 1.54) is 12.1 Å². The minimum absolute atomic E-state index is 0.00274. The lowest BCUT2D eigenvalue weighted by Crippen LogP contribution is -2.16. The number of carboxylic acid groups (broad SMARTS) is 1. The maximum absolute atomic E-state index is 13.6. The summed E-state index contributed by atoms with van der Waals surface area (Å²) in [6, 6.07) is 2.07. The van der Waals surface area contributed by atoms with Gasteiger partial charge in [0.2, 0.25) is 0 Å². The predicted molar refractivity (Wildman–Crippen MR) is 71.2 cm³/mol. The minimum atomic E-state index is -1.24. The number of carbonyl (C=O) groups excluding carboxylic acids is 1. The van der Waals surface area contributed by atoms with Gasteiger partial charge in [0.1, 0.15) is 12.4 Å². The Balaban J connectivity index is 2.93. The molecule has 1 amide bonds. The molecule has 96 valence electrons. The number of carboxylic acids is 1.